The topological polar surface area (TPSA) is 33.1 Å². The molecule has 2 rings (SSSR count). The van der Waals surface area contributed by atoms with Gasteiger partial charge in [0.05, 0.1) is 5.69 Å². The minimum atomic E-state index is 0.685. The van der Waals surface area contributed by atoms with Crippen LogP contribution in [0.4, 0.5) is 0 Å². The van der Waals surface area contributed by atoms with Gasteiger partial charge in [-0.05, 0) is 33.0 Å². The number of hydrogen-bond acceptors (Lipinski definition) is 3. The van der Waals surface area contributed by atoms with Crippen molar-refractivity contribution in [2.75, 3.05) is 20.1 Å². The van der Waals surface area contributed by atoms with Crippen LogP contribution >= 0.6 is 0 Å². The summed E-state index contributed by atoms with van der Waals surface area (Å²) in [5.74, 6) is 0. The Bertz CT molecular complexity index is 301. The Morgan fingerprint density at radius 2 is 2.53 bits per heavy atom. The van der Waals surface area contributed by atoms with Gasteiger partial charge in [0, 0.05) is 31.9 Å². The number of nitrogens with zero attached hydrogens (tertiary/aromatic N) is 3. The molecule has 0 radical (unpaired) electrons. The Morgan fingerprint density at radius 3 is 3.20 bits per heavy atom. The van der Waals surface area contributed by atoms with Crippen molar-refractivity contribution in [2.45, 2.75) is 32.5 Å². The number of aromatic nitrogens is 2. The molecule has 84 valence electrons. The lowest BCUT2D eigenvalue weighted by Crippen LogP contribution is -2.33. The summed E-state index contributed by atoms with van der Waals surface area (Å²) in [5.41, 5.74) is 1.31. The van der Waals surface area contributed by atoms with Gasteiger partial charge in [-0.2, -0.15) is 5.10 Å². The molecule has 1 aliphatic heterocycles. The lowest BCUT2D eigenvalue weighted by Gasteiger charge is -2.23. The monoisotopic (exact) mass is 208 g/mol. The molecule has 1 fully saturated rings. The highest BCUT2D eigenvalue weighted by molar-refractivity contribution is 5.00. The van der Waals surface area contributed by atoms with Crippen molar-refractivity contribution in [3.05, 3.63) is 18.0 Å². The molecular formula is C11H20N4. The molecule has 0 spiro atoms. The minimum Gasteiger partial charge on any atom is -0.315 e. The molecule has 0 amide bonds. The van der Waals surface area contributed by atoms with Crippen LogP contribution in [0.15, 0.2) is 12.3 Å². The molecule has 1 aromatic heterocycles. The summed E-state index contributed by atoms with van der Waals surface area (Å²) in [4.78, 5) is 2.42. The van der Waals surface area contributed by atoms with E-state index in [4.69, 9.17) is 0 Å². The van der Waals surface area contributed by atoms with Crippen LogP contribution in [0.2, 0.25) is 0 Å². The quantitative estimate of drug-likeness (QED) is 0.790. The summed E-state index contributed by atoms with van der Waals surface area (Å²) in [6, 6.07) is 2.80. The van der Waals surface area contributed by atoms with E-state index in [1.54, 1.807) is 0 Å². The van der Waals surface area contributed by atoms with E-state index in [-0.39, 0.29) is 0 Å². The van der Waals surface area contributed by atoms with E-state index in [0.29, 0.717) is 6.04 Å². The van der Waals surface area contributed by atoms with Crippen LogP contribution in [0.5, 0.6) is 0 Å². The summed E-state index contributed by atoms with van der Waals surface area (Å²) in [6.45, 7) is 6.37. The first-order valence-electron chi connectivity index (χ1n) is 5.73. The Balaban J connectivity index is 1.95. The second-order valence-electron chi connectivity index (χ2n) is 4.20. The van der Waals surface area contributed by atoms with Gasteiger partial charge in [-0.25, -0.2) is 0 Å². The molecule has 0 bridgehead atoms. The maximum absolute atomic E-state index is 4.29. The number of aryl methyl sites for hydroxylation is 1. The van der Waals surface area contributed by atoms with Gasteiger partial charge < -0.3 is 5.32 Å². The first-order valence-corrected chi connectivity index (χ1v) is 5.73. The van der Waals surface area contributed by atoms with Crippen molar-refractivity contribution < 1.29 is 0 Å². The van der Waals surface area contributed by atoms with E-state index >= 15 is 0 Å². The van der Waals surface area contributed by atoms with Crippen molar-refractivity contribution in [1.82, 2.24) is 20.0 Å². The van der Waals surface area contributed by atoms with E-state index in [0.717, 1.165) is 26.2 Å². The molecule has 4 nitrogen and oxygen atoms in total. The van der Waals surface area contributed by atoms with Gasteiger partial charge in [0.15, 0.2) is 0 Å². The number of hydrogen-bond donors (Lipinski definition) is 1. The highest BCUT2D eigenvalue weighted by atomic mass is 15.3. The zero-order valence-corrected chi connectivity index (χ0v) is 9.61. The number of rotatable bonds is 4. The maximum atomic E-state index is 4.29. The Labute approximate surface area is 91.3 Å². The van der Waals surface area contributed by atoms with E-state index in [2.05, 4.69) is 40.0 Å². The molecular weight excluding hydrogens is 188 g/mol. The fraction of sp³-hybridized carbons (Fsp3) is 0.727. The van der Waals surface area contributed by atoms with Gasteiger partial charge in [-0.1, -0.05) is 0 Å². The molecule has 1 aliphatic rings. The lowest BCUT2D eigenvalue weighted by molar-refractivity contribution is 0.241. The SMILES string of the molecule is CCn1nccc1CN(C)C1CCNC1. The van der Waals surface area contributed by atoms with Crippen molar-refractivity contribution in [3.8, 4) is 0 Å². The van der Waals surface area contributed by atoms with Gasteiger partial charge in [-0.15, -0.1) is 0 Å². The summed E-state index contributed by atoms with van der Waals surface area (Å²) < 4.78 is 2.07. The summed E-state index contributed by atoms with van der Waals surface area (Å²) in [5, 5.41) is 7.69. The van der Waals surface area contributed by atoms with Crippen LogP contribution in [0, 0.1) is 0 Å². The van der Waals surface area contributed by atoms with E-state index in [9.17, 15) is 0 Å². The maximum Gasteiger partial charge on any atom is 0.0524 e. The fourth-order valence-corrected chi connectivity index (χ4v) is 2.18. The fourth-order valence-electron chi connectivity index (χ4n) is 2.18. The van der Waals surface area contributed by atoms with Gasteiger partial charge in [0.1, 0.15) is 0 Å². The molecule has 0 aromatic carbocycles. The van der Waals surface area contributed by atoms with E-state index < -0.39 is 0 Å². The average Bonchev–Trinajstić information content (AvgIpc) is 2.87. The largest absolute Gasteiger partial charge is 0.315 e. The summed E-state index contributed by atoms with van der Waals surface area (Å²) in [7, 11) is 2.20. The van der Waals surface area contributed by atoms with Crippen LogP contribution in [0.1, 0.15) is 19.0 Å². The molecule has 0 saturated carbocycles. The smallest absolute Gasteiger partial charge is 0.0524 e. The first kappa shape index (κ1) is 10.6. The lowest BCUT2D eigenvalue weighted by atomic mass is 10.2. The van der Waals surface area contributed by atoms with Crippen LogP contribution < -0.4 is 5.32 Å². The van der Waals surface area contributed by atoms with E-state index in [1.165, 1.54) is 12.1 Å². The van der Waals surface area contributed by atoms with Gasteiger partial charge in [0.25, 0.3) is 0 Å². The standard InChI is InChI=1S/C11H20N4/c1-3-15-11(5-7-13-15)9-14(2)10-4-6-12-8-10/h5,7,10,12H,3-4,6,8-9H2,1-2H3. The highest BCUT2D eigenvalue weighted by Crippen LogP contribution is 2.10. The molecule has 1 unspecified atom stereocenters. The predicted molar refractivity (Wildman–Crippen MR) is 60.6 cm³/mol. The summed E-state index contributed by atoms with van der Waals surface area (Å²) >= 11 is 0. The third-order valence-electron chi connectivity index (χ3n) is 3.17. The number of nitrogens with one attached hydrogen (secondary N) is 1. The minimum absolute atomic E-state index is 0.685. The Hall–Kier alpha value is -0.870. The molecule has 1 saturated heterocycles. The third kappa shape index (κ3) is 2.38. The zero-order chi connectivity index (χ0) is 10.7. The average molecular weight is 208 g/mol. The van der Waals surface area contributed by atoms with Gasteiger partial charge in [-0.3, -0.25) is 9.58 Å². The Kier molecular flexibility index (Phi) is 3.38. The van der Waals surface area contributed by atoms with Crippen molar-refractivity contribution in [3.63, 3.8) is 0 Å². The van der Waals surface area contributed by atoms with Crippen LogP contribution in [-0.4, -0.2) is 40.9 Å². The first-order chi connectivity index (χ1) is 7.31. The summed E-state index contributed by atoms with van der Waals surface area (Å²) in [6.07, 6.45) is 3.15. The van der Waals surface area contributed by atoms with Crippen LogP contribution in [0.3, 0.4) is 0 Å². The second-order valence-corrected chi connectivity index (χ2v) is 4.20. The molecule has 1 atom stereocenters. The third-order valence-corrected chi connectivity index (χ3v) is 3.17. The molecule has 15 heavy (non-hydrogen) atoms. The zero-order valence-electron chi connectivity index (χ0n) is 9.61. The molecule has 1 N–H and O–H groups in total. The van der Waals surface area contributed by atoms with Gasteiger partial charge >= 0.3 is 0 Å². The predicted octanol–water partition coefficient (Wildman–Crippen LogP) is 0.697. The van der Waals surface area contributed by atoms with Crippen molar-refractivity contribution in [1.29, 1.82) is 0 Å². The molecule has 2 heterocycles. The molecule has 0 aliphatic carbocycles. The van der Waals surface area contributed by atoms with Crippen molar-refractivity contribution in [2.24, 2.45) is 0 Å². The van der Waals surface area contributed by atoms with Crippen molar-refractivity contribution >= 4 is 0 Å². The molecule has 4 heteroatoms. The van der Waals surface area contributed by atoms with Gasteiger partial charge in [0.2, 0.25) is 0 Å². The Morgan fingerprint density at radius 1 is 1.67 bits per heavy atom. The van der Waals surface area contributed by atoms with E-state index in [1.807, 2.05) is 6.20 Å². The second kappa shape index (κ2) is 4.77. The normalized spacial score (nSPS) is 21.4. The van der Waals surface area contributed by atoms with Crippen LogP contribution in [0.25, 0.3) is 0 Å². The number of likely N-dealkylation sites (N-methyl/N-ethyl adjacent to an activating group) is 1. The molecule has 1 aromatic rings. The van der Waals surface area contributed by atoms with Crippen LogP contribution in [-0.2, 0) is 13.1 Å². The highest BCUT2D eigenvalue weighted by Gasteiger charge is 2.19.